The molecule has 3 aromatic carbocycles. The smallest absolute Gasteiger partial charge is 0.336 e. The minimum absolute atomic E-state index is 0.283. The molecule has 0 fully saturated rings. The molecule has 0 aromatic heterocycles. The first-order chi connectivity index (χ1) is 16.2. The number of carbonyl (C=O) groups is 4. The molecule has 0 aliphatic carbocycles. The number of carboxylic acid groups (broad SMARTS) is 2. The summed E-state index contributed by atoms with van der Waals surface area (Å²) in [6.45, 7) is 0. The van der Waals surface area contributed by atoms with Gasteiger partial charge in [0.05, 0.1) is 22.3 Å². The monoisotopic (exact) mass is 452 g/mol. The predicted molar refractivity (Wildman–Crippen MR) is 125 cm³/mol. The van der Waals surface area contributed by atoms with Crippen LogP contribution in [-0.2, 0) is 0 Å². The van der Waals surface area contributed by atoms with Gasteiger partial charge in [0, 0.05) is 22.5 Å². The fraction of sp³-hybridized carbons (Fsp3) is 0. The molecule has 0 bridgehead atoms. The maximum absolute atomic E-state index is 12.8. The molecule has 0 spiro atoms. The van der Waals surface area contributed by atoms with Gasteiger partial charge in [0.25, 0.3) is 11.8 Å². The number of anilines is 2. The summed E-state index contributed by atoms with van der Waals surface area (Å²) in [5, 5.41) is 24.3. The summed E-state index contributed by atoms with van der Waals surface area (Å²) in [4.78, 5) is 49.3. The van der Waals surface area contributed by atoms with E-state index < -0.39 is 46.0 Å². The van der Waals surface area contributed by atoms with E-state index in [1.54, 1.807) is 24.3 Å². The average molecular weight is 452 g/mol. The molecule has 8 nitrogen and oxygen atoms in total. The van der Waals surface area contributed by atoms with E-state index in [0.29, 0.717) is 16.8 Å². The molecule has 0 aliphatic heterocycles. The number of amides is 2. The van der Waals surface area contributed by atoms with Crippen LogP contribution in [0, 0.1) is 24.7 Å². The maximum Gasteiger partial charge on any atom is 0.336 e. The van der Waals surface area contributed by atoms with Crippen LogP contribution in [0.1, 0.15) is 52.6 Å². The highest BCUT2D eigenvalue weighted by atomic mass is 16.4. The quantitative estimate of drug-likeness (QED) is 0.423. The van der Waals surface area contributed by atoms with Gasteiger partial charge in [0.1, 0.15) is 0 Å². The van der Waals surface area contributed by atoms with E-state index in [4.69, 9.17) is 12.8 Å². The standard InChI is InChI=1S/C26H16N2O6/c1-3-15-8-10-17(11-9-15)27-23(29)19-13-22(26(33)34)20(14-21(19)25(31)32)24(30)28-18-7-5-6-16(4-2)12-18/h1-2,5-14H,(H,27,29)(H,28,30)(H,31,32)(H,33,34). The Morgan fingerprint density at radius 2 is 1.12 bits per heavy atom. The molecule has 8 heteroatoms. The third-order valence-corrected chi connectivity index (χ3v) is 4.70. The molecule has 4 N–H and O–H groups in total. The molecule has 0 radical (unpaired) electrons. The largest absolute Gasteiger partial charge is 0.478 e. The van der Waals surface area contributed by atoms with Crippen LogP contribution < -0.4 is 10.6 Å². The Morgan fingerprint density at radius 3 is 1.59 bits per heavy atom. The molecule has 3 rings (SSSR count). The second-order valence-corrected chi connectivity index (χ2v) is 6.91. The fourth-order valence-electron chi connectivity index (χ4n) is 3.06. The first-order valence-corrected chi connectivity index (χ1v) is 9.64. The minimum Gasteiger partial charge on any atom is -0.478 e. The lowest BCUT2D eigenvalue weighted by Gasteiger charge is -2.13. The molecule has 0 saturated carbocycles. The summed E-state index contributed by atoms with van der Waals surface area (Å²) in [5.41, 5.74) is -0.333. The van der Waals surface area contributed by atoms with Crippen LogP contribution in [-0.4, -0.2) is 34.0 Å². The normalized spacial score (nSPS) is 9.82. The molecular weight excluding hydrogens is 436 g/mol. The van der Waals surface area contributed by atoms with E-state index in [1.807, 2.05) is 0 Å². The Morgan fingerprint density at radius 1 is 0.618 bits per heavy atom. The van der Waals surface area contributed by atoms with Crippen molar-refractivity contribution >= 4 is 35.1 Å². The number of hydrogen-bond donors (Lipinski definition) is 4. The van der Waals surface area contributed by atoms with Gasteiger partial charge in [-0.05, 0) is 54.6 Å². The third kappa shape index (κ3) is 5.10. The van der Waals surface area contributed by atoms with Gasteiger partial charge in [0.15, 0.2) is 0 Å². The molecule has 0 unspecified atom stereocenters. The zero-order chi connectivity index (χ0) is 24.8. The van der Waals surface area contributed by atoms with Gasteiger partial charge < -0.3 is 20.8 Å². The molecule has 0 heterocycles. The molecule has 166 valence electrons. The summed E-state index contributed by atoms with van der Waals surface area (Å²) in [7, 11) is 0. The van der Waals surface area contributed by atoms with Crippen molar-refractivity contribution in [3.05, 3.63) is 94.0 Å². The van der Waals surface area contributed by atoms with E-state index in [0.717, 1.165) is 12.1 Å². The van der Waals surface area contributed by atoms with Crippen LogP contribution in [0.25, 0.3) is 0 Å². The Hall–Kier alpha value is -5.34. The van der Waals surface area contributed by atoms with Gasteiger partial charge in [-0.25, -0.2) is 9.59 Å². The minimum atomic E-state index is -1.52. The number of hydrogen-bond acceptors (Lipinski definition) is 4. The number of terminal acetylenes is 2. The van der Waals surface area contributed by atoms with E-state index in [2.05, 4.69) is 22.5 Å². The Kier molecular flexibility index (Phi) is 6.76. The Balaban J connectivity index is 2.01. The van der Waals surface area contributed by atoms with E-state index >= 15 is 0 Å². The number of nitrogens with one attached hydrogen (secondary N) is 2. The molecule has 0 saturated heterocycles. The summed E-state index contributed by atoms with van der Waals surface area (Å²) in [5.74, 6) is 0.0252. The van der Waals surface area contributed by atoms with Crippen molar-refractivity contribution in [3.8, 4) is 24.7 Å². The van der Waals surface area contributed by atoms with Gasteiger partial charge in [-0.1, -0.05) is 17.9 Å². The lowest BCUT2D eigenvalue weighted by molar-refractivity contribution is 0.0677. The van der Waals surface area contributed by atoms with Gasteiger partial charge in [0.2, 0.25) is 0 Å². The van der Waals surface area contributed by atoms with Crippen molar-refractivity contribution in [1.29, 1.82) is 0 Å². The van der Waals surface area contributed by atoms with Crippen molar-refractivity contribution in [1.82, 2.24) is 0 Å². The Bertz CT molecular complexity index is 1410. The molecule has 3 aromatic rings. The van der Waals surface area contributed by atoms with Crippen molar-refractivity contribution < 1.29 is 29.4 Å². The van der Waals surface area contributed by atoms with E-state index in [1.165, 1.54) is 24.3 Å². The van der Waals surface area contributed by atoms with Gasteiger partial charge in [-0.2, -0.15) is 0 Å². The maximum atomic E-state index is 12.8. The molecule has 0 atom stereocenters. The lowest BCUT2D eigenvalue weighted by Crippen LogP contribution is -2.22. The van der Waals surface area contributed by atoms with Crippen molar-refractivity contribution in [2.45, 2.75) is 0 Å². The SMILES string of the molecule is C#Cc1ccc(NC(=O)c2cc(C(=O)O)c(C(=O)Nc3cccc(C#C)c3)cc2C(=O)O)cc1. The number of carboxylic acids is 2. The van der Waals surface area contributed by atoms with Crippen LogP contribution in [0.2, 0.25) is 0 Å². The molecule has 2 amide bonds. The number of rotatable bonds is 6. The van der Waals surface area contributed by atoms with Crippen molar-refractivity contribution in [2.24, 2.45) is 0 Å². The fourth-order valence-corrected chi connectivity index (χ4v) is 3.06. The average Bonchev–Trinajstić information content (AvgIpc) is 2.83. The van der Waals surface area contributed by atoms with Crippen LogP contribution in [0.15, 0.2) is 60.7 Å². The van der Waals surface area contributed by atoms with Gasteiger partial charge >= 0.3 is 11.9 Å². The summed E-state index contributed by atoms with van der Waals surface area (Å²) in [6, 6.07) is 14.1. The Labute approximate surface area is 194 Å². The first-order valence-electron chi connectivity index (χ1n) is 9.64. The molecular formula is C26H16N2O6. The lowest BCUT2D eigenvalue weighted by atomic mass is 9.96. The van der Waals surface area contributed by atoms with Crippen molar-refractivity contribution in [3.63, 3.8) is 0 Å². The second kappa shape index (κ2) is 9.86. The highest BCUT2D eigenvalue weighted by Crippen LogP contribution is 2.22. The highest BCUT2D eigenvalue weighted by molar-refractivity contribution is 6.16. The first kappa shape index (κ1) is 23.3. The van der Waals surface area contributed by atoms with E-state index in [-0.39, 0.29) is 5.69 Å². The van der Waals surface area contributed by atoms with Crippen LogP contribution >= 0.6 is 0 Å². The van der Waals surface area contributed by atoms with Crippen molar-refractivity contribution in [2.75, 3.05) is 10.6 Å². The molecule has 34 heavy (non-hydrogen) atoms. The van der Waals surface area contributed by atoms with Gasteiger partial charge in [-0.3, -0.25) is 9.59 Å². The number of benzene rings is 3. The second-order valence-electron chi connectivity index (χ2n) is 6.91. The zero-order valence-electron chi connectivity index (χ0n) is 17.5. The van der Waals surface area contributed by atoms with Crippen LogP contribution in [0.4, 0.5) is 11.4 Å². The third-order valence-electron chi connectivity index (χ3n) is 4.70. The van der Waals surface area contributed by atoms with Gasteiger partial charge in [-0.15, -0.1) is 12.8 Å². The predicted octanol–water partition coefficient (Wildman–Crippen LogP) is 3.55. The summed E-state index contributed by atoms with van der Waals surface area (Å²) >= 11 is 0. The zero-order valence-corrected chi connectivity index (χ0v) is 17.5. The molecule has 0 aliphatic rings. The van der Waals surface area contributed by atoms with E-state index in [9.17, 15) is 29.4 Å². The topological polar surface area (TPSA) is 133 Å². The highest BCUT2D eigenvalue weighted by Gasteiger charge is 2.26. The summed E-state index contributed by atoms with van der Waals surface area (Å²) in [6.07, 6.45) is 10.6. The summed E-state index contributed by atoms with van der Waals surface area (Å²) < 4.78 is 0. The van der Waals surface area contributed by atoms with Crippen LogP contribution in [0.3, 0.4) is 0 Å². The number of aromatic carboxylic acids is 2. The number of carbonyl (C=O) groups excluding carboxylic acids is 2. The van der Waals surface area contributed by atoms with Crippen LogP contribution in [0.5, 0.6) is 0 Å².